The first-order valence-electron chi connectivity index (χ1n) is 8.81. The molecule has 1 aliphatic heterocycles. The molecule has 1 aromatic carbocycles. The quantitative estimate of drug-likeness (QED) is 0.907. The van der Waals surface area contributed by atoms with Crippen LogP contribution in [-0.4, -0.2) is 53.5 Å². The molecule has 128 valence electrons. The van der Waals surface area contributed by atoms with Crippen molar-refractivity contribution in [1.29, 1.82) is 0 Å². The standard InChI is InChI=1S/C19H31N3O/c1-6-21(14(2)3)13-17-7-9-18(10-8-17)19(23)22-12-11-20-15(4)16(22)5/h7-10,14-16,20H,6,11-13H2,1-5H3. The van der Waals surface area contributed by atoms with Crippen LogP contribution in [-0.2, 0) is 6.54 Å². The Labute approximate surface area is 140 Å². The Morgan fingerprint density at radius 1 is 1.30 bits per heavy atom. The molecule has 0 aromatic heterocycles. The monoisotopic (exact) mass is 317 g/mol. The van der Waals surface area contributed by atoms with E-state index in [2.05, 4.69) is 57.0 Å². The normalized spacial score (nSPS) is 22.0. The van der Waals surface area contributed by atoms with Gasteiger partial charge in [-0.05, 0) is 51.9 Å². The minimum atomic E-state index is 0.147. The van der Waals surface area contributed by atoms with Crippen LogP contribution in [0.5, 0.6) is 0 Å². The van der Waals surface area contributed by atoms with Crippen molar-refractivity contribution < 1.29 is 4.79 Å². The Balaban J connectivity index is 2.05. The molecule has 4 heteroatoms. The first-order valence-corrected chi connectivity index (χ1v) is 8.81. The first kappa shape index (κ1) is 18.0. The van der Waals surface area contributed by atoms with E-state index in [-0.39, 0.29) is 11.9 Å². The average molecular weight is 317 g/mol. The van der Waals surface area contributed by atoms with Crippen LogP contribution in [0.1, 0.15) is 50.5 Å². The second-order valence-corrected chi connectivity index (χ2v) is 6.84. The van der Waals surface area contributed by atoms with Crippen LogP contribution in [0.4, 0.5) is 0 Å². The molecule has 1 saturated heterocycles. The lowest BCUT2D eigenvalue weighted by atomic mass is 10.0. The van der Waals surface area contributed by atoms with Crippen molar-refractivity contribution in [3.8, 4) is 0 Å². The van der Waals surface area contributed by atoms with Crippen LogP contribution in [0.2, 0.25) is 0 Å². The van der Waals surface area contributed by atoms with Crippen molar-refractivity contribution in [3.05, 3.63) is 35.4 Å². The van der Waals surface area contributed by atoms with Gasteiger partial charge in [-0.3, -0.25) is 9.69 Å². The van der Waals surface area contributed by atoms with Gasteiger partial charge in [0.25, 0.3) is 5.91 Å². The summed E-state index contributed by atoms with van der Waals surface area (Å²) in [6, 6.07) is 9.24. The molecular formula is C19H31N3O. The number of carbonyl (C=O) groups excluding carboxylic acids is 1. The van der Waals surface area contributed by atoms with Crippen LogP contribution < -0.4 is 5.32 Å². The van der Waals surface area contributed by atoms with Crippen LogP contribution in [0.15, 0.2) is 24.3 Å². The number of nitrogens with zero attached hydrogens (tertiary/aromatic N) is 2. The van der Waals surface area contributed by atoms with E-state index in [0.29, 0.717) is 12.1 Å². The molecule has 4 nitrogen and oxygen atoms in total. The maximum absolute atomic E-state index is 12.7. The molecule has 1 heterocycles. The van der Waals surface area contributed by atoms with E-state index in [1.165, 1.54) is 5.56 Å². The van der Waals surface area contributed by atoms with Crippen LogP contribution in [0.25, 0.3) is 0 Å². The van der Waals surface area contributed by atoms with E-state index >= 15 is 0 Å². The summed E-state index contributed by atoms with van der Waals surface area (Å²) >= 11 is 0. The molecule has 1 aliphatic rings. The average Bonchev–Trinajstić information content (AvgIpc) is 2.55. The van der Waals surface area contributed by atoms with E-state index in [1.807, 2.05) is 17.0 Å². The van der Waals surface area contributed by atoms with Gasteiger partial charge in [-0.2, -0.15) is 0 Å². The van der Waals surface area contributed by atoms with E-state index in [9.17, 15) is 4.79 Å². The number of hydrogen-bond donors (Lipinski definition) is 1. The van der Waals surface area contributed by atoms with E-state index in [1.54, 1.807) is 0 Å². The van der Waals surface area contributed by atoms with Gasteiger partial charge in [-0.15, -0.1) is 0 Å². The van der Waals surface area contributed by atoms with Gasteiger partial charge in [0, 0.05) is 43.3 Å². The number of piperazine rings is 1. The molecule has 2 rings (SSSR count). The second kappa shape index (κ2) is 7.93. The Morgan fingerprint density at radius 3 is 2.52 bits per heavy atom. The molecule has 1 aromatic rings. The lowest BCUT2D eigenvalue weighted by Gasteiger charge is -2.38. The van der Waals surface area contributed by atoms with Crippen molar-refractivity contribution in [3.63, 3.8) is 0 Å². The smallest absolute Gasteiger partial charge is 0.254 e. The number of amides is 1. The summed E-state index contributed by atoms with van der Waals surface area (Å²) in [5.74, 6) is 0.147. The summed E-state index contributed by atoms with van der Waals surface area (Å²) in [6.07, 6.45) is 0. The van der Waals surface area contributed by atoms with Gasteiger partial charge >= 0.3 is 0 Å². The molecule has 0 saturated carbocycles. The van der Waals surface area contributed by atoms with Crippen molar-refractivity contribution in [2.75, 3.05) is 19.6 Å². The van der Waals surface area contributed by atoms with E-state index < -0.39 is 0 Å². The molecule has 1 amide bonds. The zero-order valence-electron chi connectivity index (χ0n) is 15.2. The highest BCUT2D eigenvalue weighted by molar-refractivity contribution is 5.94. The minimum Gasteiger partial charge on any atom is -0.333 e. The summed E-state index contributed by atoms with van der Waals surface area (Å²) in [5, 5.41) is 3.42. The summed E-state index contributed by atoms with van der Waals surface area (Å²) in [4.78, 5) is 17.1. The number of benzene rings is 1. The predicted octanol–water partition coefficient (Wildman–Crippen LogP) is 2.74. The first-order chi connectivity index (χ1) is 10.9. The van der Waals surface area contributed by atoms with Gasteiger partial charge < -0.3 is 10.2 Å². The van der Waals surface area contributed by atoms with Crippen molar-refractivity contribution in [2.45, 2.75) is 59.3 Å². The van der Waals surface area contributed by atoms with Crippen LogP contribution in [0, 0.1) is 0 Å². The minimum absolute atomic E-state index is 0.147. The fraction of sp³-hybridized carbons (Fsp3) is 0.632. The summed E-state index contributed by atoms with van der Waals surface area (Å²) < 4.78 is 0. The molecule has 0 bridgehead atoms. The lowest BCUT2D eigenvalue weighted by Crippen LogP contribution is -2.57. The Morgan fingerprint density at radius 2 is 1.96 bits per heavy atom. The molecule has 0 spiro atoms. The number of nitrogens with one attached hydrogen (secondary N) is 1. The summed E-state index contributed by atoms with van der Waals surface area (Å²) in [6.45, 7) is 14.5. The number of hydrogen-bond acceptors (Lipinski definition) is 3. The molecule has 2 unspecified atom stereocenters. The Kier molecular flexibility index (Phi) is 6.19. The number of carbonyl (C=O) groups is 1. The highest BCUT2D eigenvalue weighted by atomic mass is 16.2. The molecule has 1 fully saturated rings. The largest absolute Gasteiger partial charge is 0.333 e. The summed E-state index contributed by atoms with van der Waals surface area (Å²) in [7, 11) is 0. The maximum Gasteiger partial charge on any atom is 0.254 e. The molecular weight excluding hydrogens is 286 g/mol. The Hall–Kier alpha value is -1.39. The van der Waals surface area contributed by atoms with Gasteiger partial charge in [0.2, 0.25) is 0 Å². The molecule has 2 atom stereocenters. The highest BCUT2D eigenvalue weighted by Gasteiger charge is 2.28. The third kappa shape index (κ3) is 4.33. The molecule has 0 radical (unpaired) electrons. The third-order valence-corrected chi connectivity index (χ3v) is 5.02. The van der Waals surface area contributed by atoms with Gasteiger partial charge in [0.05, 0.1) is 0 Å². The summed E-state index contributed by atoms with van der Waals surface area (Å²) in [5.41, 5.74) is 2.06. The second-order valence-electron chi connectivity index (χ2n) is 6.84. The fourth-order valence-electron chi connectivity index (χ4n) is 3.16. The van der Waals surface area contributed by atoms with Gasteiger partial charge in [-0.25, -0.2) is 0 Å². The third-order valence-electron chi connectivity index (χ3n) is 5.02. The predicted molar refractivity (Wildman–Crippen MR) is 95.6 cm³/mol. The van der Waals surface area contributed by atoms with Crippen LogP contribution >= 0.6 is 0 Å². The molecule has 0 aliphatic carbocycles. The van der Waals surface area contributed by atoms with Gasteiger partial charge in [-0.1, -0.05) is 19.1 Å². The lowest BCUT2D eigenvalue weighted by molar-refractivity contribution is 0.0603. The zero-order chi connectivity index (χ0) is 17.0. The SMILES string of the molecule is CCN(Cc1ccc(C(=O)N2CCNC(C)C2C)cc1)C(C)C. The van der Waals surface area contributed by atoms with Crippen LogP contribution in [0.3, 0.4) is 0 Å². The number of rotatable bonds is 5. The highest BCUT2D eigenvalue weighted by Crippen LogP contribution is 2.15. The van der Waals surface area contributed by atoms with Gasteiger partial charge in [0.15, 0.2) is 0 Å². The molecule has 23 heavy (non-hydrogen) atoms. The van der Waals surface area contributed by atoms with Crippen molar-refractivity contribution >= 4 is 5.91 Å². The van der Waals surface area contributed by atoms with E-state index in [0.717, 1.165) is 31.7 Å². The van der Waals surface area contributed by atoms with Crippen molar-refractivity contribution in [1.82, 2.24) is 15.1 Å². The fourth-order valence-corrected chi connectivity index (χ4v) is 3.16. The van der Waals surface area contributed by atoms with E-state index in [4.69, 9.17) is 0 Å². The Bertz CT molecular complexity index is 512. The molecule has 1 N–H and O–H groups in total. The zero-order valence-corrected chi connectivity index (χ0v) is 15.2. The van der Waals surface area contributed by atoms with Crippen molar-refractivity contribution in [2.24, 2.45) is 0 Å². The van der Waals surface area contributed by atoms with Gasteiger partial charge in [0.1, 0.15) is 0 Å². The topological polar surface area (TPSA) is 35.6 Å². The maximum atomic E-state index is 12.7.